The maximum atomic E-state index is 12.0. The Morgan fingerprint density at radius 2 is 2.10 bits per heavy atom. The van der Waals surface area contributed by atoms with Crippen molar-refractivity contribution in [2.45, 2.75) is 33.6 Å². The molecule has 2 aromatic heterocycles. The fraction of sp³-hybridized carbons (Fsp3) is 0.462. The van der Waals surface area contributed by atoms with Gasteiger partial charge in [-0.2, -0.15) is 5.10 Å². The first kappa shape index (κ1) is 14.5. The highest BCUT2D eigenvalue weighted by atomic mass is 32.1. The Hall–Kier alpha value is -1.89. The van der Waals surface area contributed by atoms with Gasteiger partial charge in [0.15, 0.2) is 5.13 Å². The third-order valence-electron chi connectivity index (χ3n) is 3.19. The molecule has 0 aromatic carbocycles. The quantitative estimate of drug-likeness (QED) is 0.731. The lowest BCUT2D eigenvalue weighted by Gasteiger charge is -2.04. The predicted molar refractivity (Wildman–Crippen MR) is 80.0 cm³/mol. The number of nitrogen functional groups attached to an aromatic ring is 1. The smallest absolute Gasteiger partial charge is 0.263 e. The summed E-state index contributed by atoms with van der Waals surface area (Å²) < 4.78 is 0. The molecule has 6 nitrogen and oxygen atoms in total. The van der Waals surface area contributed by atoms with Gasteiger partial charge < -0.3 is 11.1 Å². The number of aromatic nitrogens is 3. The number of nitrogens with one attached hydrogen (secondary N) is 2. The van der Waals surface area contributed by atoms with Crippen LogP contribution in [0, 0.1) is 20.8 Å². The number of aryl methyl sites for hydroxylation is 3. The molecule has 0 atom stereocenters. The SMILES string of the molecule is Cc1nc(N)sc1C(=O)NCCCc1c(C)n[nH]c1C. The second-order valence-corrected chi connectivity index (χ2v) is 5.77. The molecule has 0 fully saturated rings. The fourth-order valence-corrected chi connectivity index (χ4v) is 2.87. The molecule has 0 aliphatic heterocycles. The van der Waals surface area contributed by atoms with Crippen molar-refractivity contribution in [3.8, 4) is 0 Å². The molecule has 0 radical (unpaired) electrons. The Balaban J connectivity index is 1.82. The molecule has 4 N–H and O–H groups in total. The van der Waals surface area contributed by atoms with E-state index < -0.39 is 0 Å². The summed E-state index contributed by atoms with van der Waals surface area (Å²) in [6, 6.07) is 0. The predicted octanol–water partition coefficient (Wildman–Crippen LogP) is 1.74. The van der Waals surface area contributed by atoms with Gasteiger partial charge in [0.2, 0.25) is 0 Å². The van der Waals surface area contributed by atoms with Crippen LogP contribution in [0.3, 0.4) is 0 Å². The number of nitrogens with zero attached hydrogens (tertiary/aromatic N) is 2. The van der Waals surface area contributed by atoms with Gasteiger partial charge in [0, 0.05) is 12.2 Å². The maximum absolute atomic E-state index is 12.0. The van der Waals surface area contributed by atoms with Crippen LogP contribution in [0.15, 0.2) is 0 Å². The molecule has 0 unspecified atom stereocenters. The van der Waals surface area contributed by atoms with Gasteiger partial charge >= 0.3 is 0 Å². The molecule has 2 aromatic rings. The average molecular weight is 293 g/mol. The van der Waals surface area contributed by atoms with E-state index in [-0.39, 0.29) is 5.91 Å². The number of carbonyl (C=O) groups excluding carboxylic acids is 1. The number of carbonyl (C=O) groups is 1. The van der Waals surface area contributed by atoms with Crippen LogP contribution in [0.4, 0.5) is 5.13 Å². The lowest BCUT2D eigenvalue weighted by Crippen LogP contribution is -2.24. The number of amides is 1. The van der Waals surface area contributed by atoms with E-state index in [4.69, 9.17) is 5.73 Å². The van der Waals surface area contributed by atoms with Gasteiger partial charge in [0.05, 0.1) is 11.4 Å². The summed E-state index contributed by atoms with van der Waals surface area (Å²) in [4.78, 5) is 16.6. The normalized spacial score (nSPS) is 10.8. The van der Waals surface area contributed by atoms with Gasteiger partial charge in [-0.25, -0.2) is 4.98 Å². The van der Waals surface area contributed by atoms with Crippen LogP contribution in [0.5, 0.6) is 0 Å². The standard InChI is InChI=1S/C13H19N5OS/c1-7-10(8(2)18-17-7)5-4-6-15-12(19)11-9(3)16-13(14)20-11/h4-6H2,1-3H3,(H2,14,16)(H,15,19)(H,17,18). The van der Waals surface area contributed by atoms with Crippen LogP contribution < -0.4 is 11.1 Å². The summed E-state index contributed by atoms with van der Waals surface area (Å²) in [5, 5.41) is 10.5. The lowest BCUT2D eigenvalue weighted by atomic mass is 10.1. The first-order valence-electron chi connectivity index (χ1n) is 6.50. The number of thiazole rings is 1. The van der Waals surface area contributed by atoms with E-state index in [9.17, 15) is 4.79 Å². The molecule has 1 amide bonds. The summed E-state index contributed by atoms with van der Waals surface area (Å²) >= 11 is 1.22. The summed E-state index contributed by atoms with van der Waals surface area (Å²) in [5.41, 5.74) is 9.63. The van der Waals surface area contributed by atoms with Crippen molar-refractivity contribution in [2.75, 3.05) is 12.3 Å². The van der Waals surface area contributed by atoms with E-state index in [1.54, 1.807) is 6.92 Å². The van der Waals surface area contributed by atoms with Crippen molar-refractivity contribution in [3.05, 3.63) is 27.5 Å². The second kappa shape index (κ2) is 6.04. The minimum absolute atomic E-state index is 0.0997. The Kier molecular flexibility index (Phi) is 4.39. The van der Waals surface area contributed by atoms with Crippen molar-refractivity contribution in [3.63, 3.8) is 0 Å². The van der Waals surface area contributed by atoms with Crippen molar-refractivity contribution >= 4 is 22.4 Å². The molecule has 20 heavy (non-hydrogen) atoms. The highest BCUT2D eigenvalue weighted by molar-refractivity contribution is 7.17. The number of H-pyrrole nitrogens is 1. The van der Waals surface area contributed by atoms with Gasteiger partial charge in [-0.3, -0.25) is 9.89 Å². The number of nitrogens with two attached hydrogens (primary N) is 1. The molecule has 2 heterocycles. The number of anilines is 1. The van der Waals surface area contributed by atoms with Gasteiger partial charge in [0.1, 0.15) is 4.88 Å². The van der Waals surface area contributed by atoms with Crippen LogP contribution in [0.25, 0.3) is 0 Å². The summed E-state index contributed by atoms with van der Waals surface area (Å²) in [5.74, 6) is -0.0997. The number of hydrogen-bond donors (Lipinski definition) is 3. The molecular formula is C13H19N5OS. The largest absolute Gasteiger partial charge is 0.375 e. The molecule has 0 aliphatic carbocycles. The summed E-state index contributed by atoms with van der Waals surface area (Å²) in [6.07, 6.45) is 1.78. The van der Waals surface area contributed by atoms with Gasteiger partial charge in [-0.1, -0.05) is 11.3 Å². The van der Waals surface area contributed by atoms with Crippen molar-refractivity contribution in [1.29, 1.82) is 0 Å². The van der Waals surface area contributed by atoms with Crippen LogP contribution in [0.2, 0.25) is 0 Å². The topological polar surface area (TPSA) is 96.7 Å². The number of hydrogen-bond acceptors (Lipinski definition) is 5. The van der Waals surface area contributed by atoms with Crippen molar-refractivity contribution < 1.29 is 4.79 Å². The Labute approximate surface area is 121 Å². The minimum Gasteiger partial charge on any atom is -0.375 e. The first-order chi connectivity index (χ1) is 9.49. The number of aromatic amines is 1. The summed E-state index contributed by atoms with van der Waals surface area (Å²) in [7, 11) is 0. The Morgan fingerprint density at radius 1 is 1.35 bits per heavy atom. The third kappa shape index (κ3) is 3.16. The zero-order valence-corrected chi connectivity index (χ0v) is 12.7. The van der Waals surface area contributed by atoms with Crippen LogP contribution in [-0.2, 0) is 6.42 Å². The van der Waals surface area contributed by atoms with E-state index in [2.05, 4.69) is 20.5 Å². The maximum Gasteiger partial charge on any atom is 0.263 e. The van der Waals surface area contributed by atoms with Crippen molar-refractivity contribution in [2.24, 2.45) is 0 Å². The zero-order valence-electron chi connectivity index (χ0n) is 11.9. The average Bonchev–Trinajstić information content (AvgIpc) is 2.89. The molecule has 0 saturated carbocycles. The monoisotopic (exact) mass is 293 g/mol. The molecule has 0 bridgehead atoms. The second-order valence-electron chi connectivity index (χ2n) is 4.74. The number of rotatable bonds is 5. The fourth-order valence-electron chi connectivity index (χ4n) is 2.12. The lowest BCUT2D eigenvalue weighted by molar-refractivity contribution is 0.0956. The molecule has 0 spiro atoms. The Morgan fingerprint density at radius 3 is 2.65 bits per heavy atom. The van der Waals surface area contributed by atoms with Gasteiger partial charge in [-0.05, 0) is 39.2 Å². The van der Waals surface area contributed by atoms with E-state index >= 15 is 0 Å². The molecule has 108 valence electrons. The molecule has 7 heteroatoms. The minimum atomic E-state index is -0.0997. The van der Waals surface area contributed by atoms with E-state index in [0.717, 1.165) is 24.2 Å². The van der Waals surface area contributed by atoms with E-state index in [1.165, 1.54) is 16.9 Å². The van der Waals surface area contributed by atoms with Gasteiger partial charge in [-0.15, -0.1) is 0 Å². The highest BCUT2D eigenvalue weighted by Gasteiger charge is 2.13. The van der Waals surface area contributed by atoms with Crippen LogP contribution in [-0.4, -0.2) is 27.6 Å². The van der Waals surface area contributed by atoms with Crippen LogP contribution >= 0.6 is 11.3 Å². The third-order valence-corrected chi connectivity index (χ3v) is 4.17. The van der Waals surface area contributed by atoms with E-state index in [0.29, 0.717) is 22.2 Å². The van der Waals surface area contributed by atoms with E-state index in [1.807, 2.05) is 13.8 Å². The molecule has 2 rings (SSSR count). The van der Waals surface area contributed by atoms with Gasteiger partial charge in [0.25, 0.3) is 5.91 Å². The molecule has 0 aliphatic rings. The van der Waals surface area contributed by atoms with Crippen molar-refractivity contribution in [1.82, 2.24) is 20.5 Å². The van der Waals surface area contributed by atoms with Crippen LogP contribution in [0.1, 0.15) is 38.7 Å². The summed E-state index contributed by atoms with van der Waals surface area (Å²) in [6.45, 7) is 6.42. The molecular weight excluding hydrogens is 274 g/mol. The highest BCUT2D eigenvalue weighted by Crippen LogP contribution is 2.19. The zero-order chi connectivity index (χ0) is 14.7. The Bertz CT molecular complexity index is 597. The molecule has 0 saturated heterocycles. The first-order valence-corrected chi connectivity index (χ1v) is 7.32.